The molecule has 0 spiro atoms. The van der Waals surface area contributed by atoms with Gasteiger partial charge < -0.3 is 15.4 Å². The number of aromatic amines is 1. The number of aromatic nitrogens is 2. The van der Waals surface area contributed by atoms with Crippen LogP contribution in [0.5, 0.6) is 0 Å². The molecule has 0 aliphatic carbocycles. The van der Waals surface area contributed by atoms with Crippen molar-refractivity contribution in [3.63, 3.8) is 0 Å². The van der Waals surface area contributed by atoms with Crippen molar-refractivity contribution in [2.45, 2.75) is 6.92 Å². The Hall–Kier alpha value is -1.89. The number of nitrogens with zero attached hydrogens (tertiary/aromatic N) is 1. The van der Waals surface area contributed by atoms with Crippen molar-refractivity contribution in [1.29, 1.82) is 0 Å². The van der Waals surface area contributed by atoms with Crippen LogP contribution in [0.4, 0.5) is 5.69 Å². The first-order valence-electron chi connectivity index (χ1n) is 4.82. The third-order valence-electron chi connectivity index (χ3n) is 1.80. The van der Waals surface area contributed by atoms with Crippen LogP contribution in [0, 0.1) is 0 Å². The molecule has 0 aliphatic heterocycles. The number of hydrogen-bond acceptors (Lipinski definition) is 4. The average molecular weight is 226 g/mol. The summed E-state index contributed by atoms with van der Waals surface area (Å²) in [5, 5.41) is 11.1. The lowest BCUT2D eigenvalue weighted by Crippen LogP contribution is -2.23. The smallest absolute Gasteiger partial charge is 0.271 e. The van der Waals surface area contributed by atoms with E-state index in [0.29, 0.717) is 12.3 Å². The number of nitrogens with one attached hydrogen (secondary N) is 3. The summed E-state index contributed by atoms with van der Waals surface area (Å²) >= 11 is 0. The van der Waals surface area contributed by atoms with Crippen LogP contribution in [-0.2, 0) is 9.53 Å². The molecule has 7 heteroatoms. The van der Waals surface area contributed by atoms with Gasteiger partial charge in [0.25, 0.3) is 5.91 Å². The molecule has 3 N–H and O–H groups in total. The van der Waals surface area contributed by atoms with Gasteiger partial charge in [-0.2, -0.15) is 5.10 Å². The maximum atomic E-state index is 11.3. The maximum Gasteiger partial charge on any atom is 0.271 e. The SMILES string of the molecule is CCOCC(=O)Nc1cn[nH]c1C(=O)NC. The molecule has 0 aromatic carbocycles. The number of hydrogen-bond donors (Lipinski definition) is 3. The molecule has 1 aromatic heterocycles. The number of H-pyrrole nitrogens is 1. The summed E-state index contributed by atoms with van der Waals surface area (Å²) in [5.74, 6) is -0.669. The highest BCUT2D eigenvalue weighted by Gasteiger charge is 2.14. The molecule has 0 radical (unpaired) electrons. The Kier molecular flexibility index (Phi) is 4.46. The summed E-state index contributed by atoms with van der Waals surface area (Å²) in [4.78, 5) is 22.6. The van der Waals surface area contributed by atoms with Crippen LogP contribution in [-0.4, -0.2) is 42.3 Å². The molecule has 1 aromatic rings. The number of carbonyl (C=O) groups excluding carboxylic acids is 2. The summed E-state index contributed by atoms with van der Waals surface area (Å²) < 4.78 is 4.93. The van der Waals surface area contributed by atoms with Crippen LogP contribution in [0.2, 0.25) is 0 Å². The highest BCUT2D eigenvalue weighted by atomic mass is 16.5. The van der Waals surface area contributed by atoms with Crippen molar-refractivity contribution >= 4 is 17.5 Å². The average Bonchev–Trinajstić information content (AvgIpc) is 2.73. The summed E-state index contributed by atoms with van der Waals surface area (Å²) in [6.45, 7) is 2.21. The fourth-order valence-electron chi connectivity index (χ4n) is 1.06. The Bertz CT molecular complexity index is 375. The van der Waals surface area contributed by atoms with E-state index in [9.17, 15) is 9.59 Å². The topological polar surface area (TPSA) is 96.1 Å². The van der Waals surface area contributed by atoms with Crippen molar-refractivity contribution in [3.8, 4) is 0 Å². The van der Waals surface area contributed by atoms with Crippen LogP contribution < -0.4 is 10.6 Å². The van der Waals surface area contributed by atoms with E-state index >= 15 is 0 Å². The Morgan fingerprint density at radius 1 is 1.56 bits per heavy atom. The zero-order valence-electron chi connectivity index (χ0n) is 9.16. The van der Waals surface area contributed by atoms with E-state index < -0.39 is 0 Å². The molecule has 0 aliphatic rings. The van der Waals surface area contributed by atoms with Crippen LogP contribution >= 0.6 is 0 Å². The normalized spacial score (nSPS) is 9.88. The van der Waals surface area contributed by atoms with Gasteiger partial charge in [0.2, 0.25) is 5.91 Å². The van der Waals surface area contributed by atoms with Gasteiger partial charge in [0.15, 0.2) is 0 Å². The molecular formula is C9H14N4O3. The summed E-state index contributed by atoms with van der Waals surface area (Å²) in [6.07, 6.45) is 1.37. The molecule has 0 fully saturated rings. The van der Waals surface area contributed by atoms with Crippen molar-refractivity contribution in [2.24, 2.45) is 0 Å². The van der Waals surface area contributed by atoms with Crippen LogP contribution in [0.25, 0.3) is 0 Å². The Labute approximate surface area is 92.6 Å². The van der Waals surface area contributed by atoms with Crippen molar-refractivity contribution in [2.75, 3.05) is 25.6 Å². The Morgan fingerprint density at radius 3 is 2.94 bits per heavy atom. The van der Waals surface area contributed by atoms with E-state index in [1.807, 2.05) is 0 Å². The molecule has 0 saturated carbocycles. The van der Waals surface area contributed by atoms with Gasteiger partial charge in [0, 0.05) is 13.7 Å². The summed E-state index contributed by atoms with van der Waals surface area (Å²) in [6, 6.07) is 0. The first-order valence-corrected chi connectivity index (χ1v) is 4.82. The second-order valence-electron chi connectivity index (χ2n) is 2.92. The predicted molar refractivity (Wildman–Crippen MR) is 57.1 cm³/mol. The van der Waals surface area contributed by atoms with Gasteiger partial charge in [-0.1, -0.05) is 0 Å². The van der Waals surface area contributed by atoms with E-state index in [1.165, 1.54) is 13.2 Å². The minimum Gasteiger partial charge on any atom is -0.372 e. The lowest BCUT2D eigenvalue weighted by molar-refractivity contribution is -0.120. The van der Waals surface area contributed by atoms with E-state index in [4.69, 9.17) is 4.74 Å². The van der Waals surface area contributed by atoms with Gasteiger partial charge >= 0.3 is 0 Å². The molecule has 1 heterocycles. The quantitative estimate of drug-likeness (QED) is 0.644. The Balaban J connectivity index is 2.63. The molecule has 16 heavy (non-hydrogen) atoms. The summed E-state index contributed by atoms with van der Waals surface area (Å²) in [7, 11) is 1.50. The zero-order chi connectivity index (χ0) is 12.0. The Morgan fingerprint density at radius 2 is 2.31 bits per heavy atom. The van der Waals surface area contributed by atoms with Crippen molar-refractivity contribution in [3.05, 3.63) is 11.9 Å². The molecule has 0 unspecified atom stereocenters. The lowest BCUT2D eigenvalue weighted by atomic mass is 10.3. The number of anilines is 1. The first-order chi connectivity index (χ1) is 7.69. The molecule has 1 rings (SSSR count). The highest BCUT2D eigenvalue weighted by molar-refractivity contribution is 6.02. The molecule has 0 saturated heterocycles. The zero-order valence-corrected chi connectivity index (χ0v) is 9.16. The van der Waals surface area contributed by atoms with Crippen LogP contribution in [0.15, 0.2) is 6.20 Å². The maximum absolute atomic E-state index is 11.3. The van der Waals surface area contributed by atoms with Crippen LogP contribution in [0.1, 0.15) is 17.4 Å². The lowest BCUT2D eigenvalue weighted by Gasteiger charge is -2.04. The van der Waals surface area contributed by atoms with E-state index in [0.717, 1.165) is 0 Å². The monoisotopic (exact) mass is 226 g/mol. The largest absolute Gasteiger partial charge is 0.372 e. The number of ether oxygens (including phenoxy) is 1. The number of rotatable bonds is 5. The fraction of sp³-hybridized carbons (Fsp3) is 0.444. The standard InChI is InChI=1S/C9H14N4O3/c1-3-16-5-7(14)12-6-4-11-13-8(6)9(15)10-2/h4H,3,5H2,1-2H3,(H,10,15)(H,11,13)(H,12,14). The number of carbonyl (C=O) groups is 2. The number of amides is 2. The van der Waals surface area contributed by atoms with Crippen molar-refractivity contribution < 1.29 is 14.3 Å². The fourth-order valence-corrected chi connectivity index (χ4v) is 1.06. The second-order valence-corrected chi connectivity index (χ2v) is 2.92. The molecule has 0 bridgehead atoms. The third kappa shape index (κ3) is 3.06. The van der Waals surface area contributed by atoms with Crippen molar-refractivity contribution in [1.82, 2.24) is 15.5 Å². The van der Waals surface area contributed by atoms with Gasteiger partial charge in [-0.05, 0) is 6.92 Å². The van der Waals surface area contributed by atoms with Gasteiger partial charge in [-0.15, -0.1) is 0 Å². The van der Waals surface area contributed by atoms with Crippen LogP contribution in [0.3, 0.4) is 0 Å². The van der Waals surface area contributed by atoms with Gasteiger partial charge in [0.1, 0.15) is 12.3 Å². The second kappa shape index (κ2) is 5.86. The summed E-state index contributed by atoms with van der Waals surface area (Å²) in [5.41, 5.74) is 0.552. The van der Waals surface area contributed by atoms with E-state index in [1.54, 1.807) is 6.92 Å². The molecule has 2 amide bonds. The molecule has 0 atom stereocenters. The molecule has 7 nitrogen and oxygen atoms in total. The third-order valence-corrected chi connectivity index (χ3v) is 1.80. The van der Waals surface area contributed by atoms with Gasteiger partial charge in [-0.3, -0.25) is 14.7 Å². The first kappa shape index (κ1) is 12.2. The minimum absolute atomic E-state index is 0.0468. The molecule has 88 valence electrons. The van der Waals surface area contributed by atoms with E-state index in [2.05, 4.69) is 20.8 Å². The van der Waals surface area contributed by atoms with Gasteiger partial charge in [0.05, 0.1) is 11.9 Å². The van der Waals surface area contributed by atoms with E-state index in [-0.39, 0.29) is 24.1 Å². The van der Waals surface area contributed by atoms with Gasteiger partial charge in [-0.25, -0.2) is 0 Å². The highest BCUT2D eigenvalue weighted by Crippen LogP contribution is 2.10. The predicted octanol–water partition coefficient (Wildman–Crippen LogP) is -0.256. The molecular weight excluding hydrogens is 212 g/mol. The minimum atomic E-state index is -0.343.